The van der Waals surface area contributed by atoms with E-state index in [-0.39, 0.29) is 0 Å². The molecular formula is C13H18F3NOS. The predicted octanol–water partition coefficient (Wildman–Crippen LogP) is 4.56. The first-order chi connectivity index (χ1) is 8.97. The number of hydrogen-bond acceptors (Lipinski definition) is 3. The molecule has 108 valence electrons. The second kappa shape index (κ2) is 6.22. The maximum Gasteiger partial charge on any atom is 0.443 e. The molecule has 1 atom stereocenters. The molecule has 1 saturated carbocycles. The lowest BCUT2D eigenvalue weighted by molar-refractivity contribution is -0.137. The Kier molecular flexibility index (Phi) is 4.84. The van der Waals surface area contributed by atoms with Crippen molar-refractivity contribution in [3.8, 4) is 0 Å². The summed E-state index contributed by atoms with van der Waals surface area (Å²) in [5.74, 6) is 0.624. The molecule has 1 N–H and O–H groups in total. The fourth-order valence-electron chi connectivity index (χ4n) is 2.58. The summed E-state index contributed by atoms with van der Waals surface area (Å²) < 4.78 is 37.2. The van der Waals surface area contributed by atoms with E-state index in [1.54, 1.807) is 0 Å². The van der Waals surface area contributed by atoms with Gasteiger partial charge in [-0.1, -0.05) is 32.1 Å². The first-order valence-corrected chi connectivity index (χ1v) is 7.49. The fourth-order valence-corrected chi connectivity index (χ4v) is 3.39. The monoisotopic (exact) mass is 293 g/mol. The predicted molar refractivity (Wildman–Crippen MR) is 67.9 cm³/mol. The van der Waals surface area contributed by atoms with Gasteiger partial charge in [-0.25, -0.2) is 4.98 Å². The van der Waals surface area contributed by atoms with Crippen molar-refractivity contribution in [1.82, 2.24) is 4.98 Å². The van der Waals surface area contributed by atoms with Gasteiger partial charge in [0.05, 0.1) is 11.0 Å². The zero-order valence-electron chi connectivity index (χ0n) is 10.6. The van der Waals surface area contributed by atoms with Crippen molar-refractivity contribution in [1.29, 1.82) is 0 Å². The standard InChI is InChI=1S/C13H18F3NOS/c14-13(15,16)12-17-8-11(19-12)10(18)7-6-9-4-2-1-3-5-9/h8-10,18H,1-7H2. The third-order valence-corrected chi connectivity index (χ3v) is 4.81. The molecule has 0 spiro atoms. The van der Waals surface area contributed by atoms with E-state index in [9.17, 15) is 18.3 Å². The summed E-state index contributed by atoms with van der Waals surface area (Å²) in [7, 11) is 0. The molecule has 1 heterocycles. The molecular weight excluding hydrogens is 275 g/mol. The van der Waals surface area contributed by atoms with Gasteiger partial charge >= 0.3 is 6.18 Å². The lowest BCUT2D eigenvalue weighted by atomic mass is 9.85. The van der Waals surface area contributed by atoms with Crippen molar-refractivity contribution in [3.63, 3.8) is 0 Å². The van der Waals surface area contributed by atoms with E-state index in [2.05, 4.69) is 4.98 Å². The van der Waals surface area contributed by atoms with Crippen molar-refractivity contribution in [3.05, 3.63) is 16.1 Å². The van der Waals surface area contributed by atoms with Crippen LogP contribution in [0.1, 0.15) is 60.9 Å². The Morgan fingerprint density at radius 1 is 1.32 bits per heavy atom. The molecule has 0 bridgehead atoms. The van der Waals surface area contributed by atoms with E-state index in [4.69, 9.17) is 0 Å². The zero-order chi connectivity index (χ0) is 13.9. The number of hydrogen-bond donors (Lipinski definition) is 1. The second-order valence-electron chi connectivity index (χ2n) is 5.16. The van der Waals surface area contributed by atoms with Gasteiger partial charge < -0.3 is 5.11 Å². The lowest BCUT2D eigenvalue weighted by Gasteiger charge is -2.22. The van der Waals surface area contributed by atoms with Crippen LogP contribution in [-0.4, -0.2) is 10.1 Å². The fraction of sp³-hybridized carbons (Fsp3) is 0.769. The quantitative estimate of drug-likeness (QED) is 0.883. The van der Waals surface area contributed by atoms with Crippen LogP contribution >= 0.6 is 11.3 Å². The number of aliphatic hydroxyl groups excluding tert-OH is 1. The molecule has 1 fully saturated rings. The Bertz CT molecular complexity index is 399. The SMILES string of the molecule is OC(CCC1CCCCC1)c1cnc(C(F)(F)F)s1. The average molecular weight is 293 g/mol. The van der Waals surface area contributed by atoms with Gasteiger partial charge in [0.2, 0.25) is 0 Å². The van der Waals surface area contributed by atoms with Gasteiger partial charge in [-0.2, -0.15) is 13.2 Å². The van der Waals surface area contributed by atoms with E-state index in [1.807, 2.05) is 0 Å². The molecule has 2 nitrogen and oxygen atoms in total. The van der Waals surface area contributed by atoms with Gasteiger partial charge in [-0.15, -0.1) is 11.3 Å². The number of halogens is 3. The third kappa shape index (κ3) is 4.18. The van der Waals surface area contributed by atoms with Crippen LogP contribution in [0.5, 0.6) is 0 Å². The summed E-state index contributed by atoms with van der Waals surface area (Å²) in [6.07, 6.45) is 3.47. The number of alkyl halides is 3. The summed E-state index contributed by atoms with van der Waals surface area (Å²) in [4.78, 5) is 3.66. The van der Waals surface area contributed by atoms with Crippen molar-refractivity contribution in [2.75, 3.05) is 0 Å². The maximum absolute atomic E-state index is 12.4. The van der Waals surface area contributed by atoms with Crippen LogP contribution < -0.4 is 0 Å². The molecule has 1 aliphatic rings. The van der Waals surface area contributed by atoms with Crippen LogP contribution in [0.25, 0.3) is 0 Å². The summed E-state index contributed by atoms with van der Waals surface area (Å²) in [6, 6.07) is 0. The molecule has 0 aromatic carbocycles. The van der Waals surface area contributed by atoms with E-state index >= 15 is 0 Å². The van der Waals surface area contributed by atoms with Crippen LogP contribution in [0.15, 0.2) is 6.20 Å². The molecule has 0 saturated heterocycles. The maximum atomic E-state index is 12.4. The minimum Gasteiger partial charge on any atom is -0.388 e. The zero-order valence-corrected chi connectivity index (χ0v) is 11.4. The highest BCUT2D eigenvalue weighted by atomic mass is 32.1. The van der Waals surface area contributed by atoms with Gasteiger partial charge in [-0.05, 0) is 18.8 Å². The van der Waals surface area contributed by atoms with E-state index in [0.717, 1.165) is 12.6 Å². The minimum absolute atomic E-state index is 0.322. The van der Waals surface area contributed by atoms with Gasteiger partial charge in [0, 0.05) is 6.20 Å². The molecule has 1 aliphatic carbocycles. The van der Waals surface area contributed by atoms with Gasteiger partial charge in [0.25, 0.3) is 0 Å². The van der Waals surface area contributed by atoms with Crippen LogP contribution in [0.4, 0.5) is 13.2 Å². The lowest BCUT2D eigenvalue weighted by Crippen LogP contribution is -2.08. The van der Waals surface area contributed by atoms with Gasteiger partial charge in [0.1, 0.15) is 0 Å². The van der Waals surface area contributed by atoms with Crippen molar-refractivity contribution >= 4 is 11.3 Å². The van der Waals surface area contributed by atoms with Crippen LogP contribution in [-0.2, 0) is 6.18 Å². The van der Waals surface area contributed by atoms with Crippen molar-refractivity contribution in [2.24, 2.45) is 5.92 Å². The van der Waals surface area contributed by atoms with Gasteiger partial charge in [-0.3, -0.25) is 0 Å². The van der Waals surface area contributed by atoms with E-state index < -0.39 is 17.3 Å². The number of rotatable bonds is 4. The molecule has 0 amide bonds. The third-order valence-electron chi connectivity index (χ3n) is 3.67. The largest absolute Gasteiger partial charge is 0.443 e. The Morgan fingerprint density at radius 3 is 2.58 bits per heavy atom. The highest BCUT2D eigenvalue weighted by Gasteiger charge is 2.35. The van der Waals surface area contributed by atoms with Crippen LogP contribution in [0.3, 0.4) is 0 Å². The first-order valence-electron chi connectivity index (χ1n) is 6.68. The Morgan fingerprint density at radius 2 is 2.00 bits per heavy atom. The molecule has 6 heteroatoms. The molecule has 2 rings (SSSR count). The Labute approximate surface area is 114 Å². The summed E-state index contributed by atoms with van der Waals surface area (Å²) >= 11 is 0.548. The molecule has 0 radical (unpaired) electrons. The number of nitrogens with zero attached hydrogens (tertiary/aromatic N) is 1. The highest BCUT2D eigenvalue weighted by molar-refractivity contribution is 7.11. The Balaban J connectivity index is 1.85. The van der Waals surface area contributed by atoms with E-state index in [1.165, 1.54) is 32.1 Å². The van der Waals surface area contributed by atoms with Crippen LogP contribution in [0.2, 0.25) is 0 Å². The molecule has 0 aliphatic heterocycles. The molecule has 1 aromatic rings. The molecule has 1 aromatic heterocycles. The average Bonchev–Trinajstić information content (AvgIpc) is 2.87. The van der Waals surface area contributed by atoms with Gasteiger partial charge in [0.15, 0.2) is 5.01 Å². The molecule has 19 heavy (non-hydrogen) atoms. The smallest absolute Gasteiger partial charge is 0.388 e. The van der Waals surface area contributed by atoms with Crippen LogP contribution in [0, 0.1) is 5.92 Å². The summed E-state index contributed by atoms with van der Waals surface area (Å²) in [5, 5.41) is 9.06. The molecule has 1 unspecified atom stereocenters. The second-order valence-corrected chi connectivity index (χ2v) is 6.22. The number of aromatic nitrogens is 1. The Hall–Kier alpha value is -0.620. The first kappa shape index (κ1) is 14.8. The van der Waals surface area contributed by atoms with Crippen molar-refractivity contribution < 1.29 is 18.3 Å². The van der Waals surface area contributed by atoms with Crippen molar-refractivity contribution in [2.45, 2.75) is 57.2 Å². The minimum atomic E-state index is -4.41. The highest BCUT2D eigenvalue weighted by Crippen LogP contribution is 2.36. The number of aliphatic hydroxyl groups is 1. The van der Waals surface area contributed by atoms with E-state index in [0.29, 0.717) is 28.6 Å². The summed E-state index contributed by atoms with van der Waals surface area (Å²) in [5.41, 5.74) is 0. The topological polar surface area (TPSA) is 33.1 Å². The number of thiazole rings is 1. The summed E-state index contributed by atoms with van der Waals surface area (Å²) in [6.45, 7) is 0. The normalized spacial score (nSPS) is 19.6.